The summed E-state index contributed by atoms with van der Waals surface area (Å²) in [6.45, 7) is 0. The largest absolute Gasteiger partial charge is 0.481 e. The van der Waals surface area contributed by atoms with Crippen molar-refractivity contribution in [3.05, 3.63) is 29.8 Å². The molecule has 0 fully saturated rings. The third-order valence-electron chi connectivity index (χ3n) is 2.74. The molecule has 0 saturated heterocycles. The van der Waals surface area contributed by atoms with Gasteiger partial charge in [-0.3, -0.25) is 4.79 Å². The number of rotatable bonds is 6. The maximum absolute atomic E-state index is 10.5. The van der Waals surface area contributed by atoms with Crippen molar-refractivity contribution in [2.45, 2.75) is 19.3 Å². The quantitative estimate of drug-likeness (QED) is 0.621. The van der Waals surface area contributed by atoms with Crippen LogP contribution in [-0.2, 0) is 11.2 Å². The number of carbonyl (C=O) groups is 1. The van der Waals surface area contributed by atoms with Crippen molar-refractivity contribution in [3.8, 4) is 0 Å². The van der Waals surface area contributed by atoms with E-state index in [0.29, 0.717) is 6.42 Å². The Labute approximate surface area is 121 Å². The van der Waals surface area contributed by atoms with Gasteiger partial charge < -0.3 is 21.9 Å². The van der Waals surface area contributed by atoms with Gasteiger partial charge in [-0.1, -0.05) is 12.1 Å². The molecule has 8 heteroatoms. The molecule has 1 heterocycles. The summed E-state index contributed by atoms with van der Waals surface area (Å²) in [7, 11) is 0. The molecule has 2 rings (SSSR count). The third-order valence-corrected chi connectivity index (χ3v) is 2.74. The summed E-state index contributed by atoms with van der Waals surface area (Å²) in [5, 5.41) is 11.6. The fraction of sp³-hybridized carbons (Fsp3) is 0.231. The van der Waals surface area contributed by atoms with Crippen molar-refractivity contribution < 1.29 is 9.90 Å². The lowest BCUT2D eigenvalue weighted by molar-refractivity contribution is -0.137. The molecule has 2 aromatic rings. The molecule has 0 unspecified atom stereocenters. The minimum atomic E-state index is -0.779. The third kappa shape index (κ3) is 4.60. The Hall–Kier alpha value is -2.90. The predicted molar refractivity (Wildman–Crippen MR) is 79.0 cm³/mol. The van der Waals surface area contributed by atoms with Crippen LogP contribution < -0.4 is 16.8 Å². The van der Waals surface area contributed by atoms with Gasteiger partial charge in [0.2, 0.25) is 17.8 Å². The maximum Gasteiger partial charge on any atom is 0.303 e. The molecule has 21 heavy (non-hydrogen) atoms. The van der Waals surface area contributed by atoms with Crippen LogP contribution in [0.1, 0.15) is 18.4 Å². The predicted octanol–water partition coefficient (Wildman–Crippen LogP) is 1.19. The molecule has 0 aliphatic carbocycles. The van der Waals surface area contributed by atoms with Gasteiger partial charge in [0.15, 0.2) is 0 Å². The van der Waals surface area contributed by atoms with Crippen LogP contribution in [0.25, 0.3) is 0 Å². The maximum atomic E-state index is 10.5. The lowest BCUT2D eigenvalue weighted by Crippen LogP contribution is -2.06. The van der Waals surface area contributed by atoms with E-state index < -0.39 is 5.97 Å². The highest BCUT2D eigenvalue weighted by atomic mass is 16.4. The highest BCUT2D eigenvalue weighted by Gasteiger charge is 2.03. The van der Waals surface area contributed by atoms with Crippen molar-refractivity contribution in [2.75, 3.05) is 16.8 Å². The van der Waals surface area contributed by atoms with Crippen LogP contribution in [0, 0.1) is 0 Å². The van der Waals surface area contributed by atoms with E-state index in [1.807, 2.05) is 24.3 Å². The number of anilines is 4. The van der Waals surface area contributed by atoms with E-state index in [1.54, 1.807) is 0 Å². The first kappa shape index (κ1) is 14.5. The van der Waals surface area contributed by atoms with Gasteiger partial charge in [-0.25, -0.2) is 0 Å². The monoisotopic (exact) mass is 288 g/mol. The topological polar surface area (TPSA) is 140 Å². The molecule has 1 aromatic heterocycles. The second kappa shape index (κ2) is 6.51. The van der Waals surface area contributed by atoms with Gasteiger partial charge >= 0.3 is 5.97 Å². The number of carboxylic acid groups (broad SMARTS) is 1. The van der Waals surface area contributed by atoms with E-state index in [9.17, 15) is 4.79 Å². The first-order valence-electron chi connectivity index (χ1n) is 6.38. The van der Waals surface area contributed by atoms with E-state index in [2.05, 4.69) is 20.3 Å². The van der Waals surface area contributed by atoms with Crippen molar-refractivity contribution >= 4 is 29.5 Å². The minimum Gasteiger partial charge on any atom is -0.481 e. The Bertz CT molecular complexity index is 609. The average Bonchev–Trinajstić information content (AvgIpc) is 2.39. The van der Waals surface area contributed by atoms with Gasteiger partial charge in [0.1, 0.15) is 0 Å². The number of nitrogens with two attached hydrogens (primary N) is 2. The van der Waals surface area contributed by atoms with Crippen LogP contribution in [0.15, 0.2) is 24.3 Å². The average molecular weight is 288 g/mol. The molecule has 0 atom stereocenters. The number of nitrogens with one attached hydrogen (secondary N) is 1. The minimum absolute atomic E-state index is 0.0512. The Morgan fingerprint density at radius 2 is 1.71 bits per heavy atom. The molecule has 0 aliphatic rings. The molecule has 110 valence electrons. The lowest BCUT2D eigenvalue weighted by Gasteiger charge is -2.06. The molecule has 0 spiro atoms. The van der Waals surface area contributed by atoms with Crippen LogP contribution in [0.5, 0.6) is 0 Å². The van der Waals surface area contributed by atoms with Crippen LogP contribution in [0.4, 0.5) is 23.5 Å². The molecule has 0 amide bonds. The highest BCUT2D eigenvalue weighted by molar-refractivity contribution is 5.66. The van der Waals surface area contributed by atoms with Crippen LogP contribution in [0.2, 0.25) is 0 Å². The van der Waals surface area contributed by atoms with Crippen LogP contribution >= 0.6 is 0 Å². The van der Waals surface area contributed by atoms with E-state index in [0.717, 1.165) is 17.7 Å². The van der Waals surface area contributed by atoms with Crippen molar-refractivity contribution in [1.82, 2.24) is 15.0 Å². The summed E-state index contributed by atoms with van der Waals surface area (Å²) in [5.41, 5.74) is 12.8. The van der Waals surface area contributed by atoms with E-state index in [4.69, 9.17) is 16.6 Å². The normalized spacial score (nSPS) is 10.3. The Balaban J connectivity index is 1.97. The zero-order chi connectivity index (χ0) is 15.2. The zero-order valence-electron chi connectivity index (χ0n) is 11.3. The van der Waals surface area contributed by atoms with E-state index in [1.165, 1.54) is 0 Å². The number of aryl methyl sites for hydroxylation is 1. The second-order valence-electron chi connectivity index (χ2n) is 4.44. The first-order chi connectivity index (χ1) is 10.0. The van der Waals surface area contributed by atoms with Gasteiger partial charge in [0, 0.05) is 12.1 Å². The lowest BCUT2D eigenvalue weighted by atomic mass is 10.1. The first-order valence-corrected chi connectivity index (χ1v) is 6.38. The molecular formula is C13H16N6O2. The number of hydrogen-bond donors (Lipinski definition) is 4. The molecule has 0 aliphatic heterocycles. The van der Waals surface area contributed by atoms with E-state index in [-0.39, 0.29) is 24.3 Å². The van der Waals surface area contributed by atoms with Gasteiger partial charge in [-0.05, 0) is 30.5 Å². The number of hydrogen-bond acceptors (Lipinski definition) is 7. The van der Waals surface area contributed by atoms with Gasteiger partial charge in [-0.15, -0.1) is 0 Å². The molecule has 0 saturated carbocycles. The number of aromatic nitrogens is 3. The fourth-order valence-corrected chi connectivity index (χ4v) is 1.79. The van der Waals surface area contributed by atoms with Crippen LogP contribution in [0.3, 0.4) is 0 Å². The zero-order valence-corrected chi connectivity index (χ0v) is 11.3. The Morgan fingerprint density at radius 1 is 1.10 bits per heavy atom. The highest BCUT2D eigenvalue weighted by Crippen LogP contribution is 2.16. The molecule has 0 bridgehead atoms. The van der Waals surface area contributed by atoms with E-state index >= 15 is 0 Å². The van der Waals surface area contributed by atoms with Gasteiger partial charge in [-0.2, -0.15) is 15.0 Å². The molecular weight excluding hydrogens is 272 g/mol. The molecule has 1 aromatic carbocycles. The molecule has 8 nitrogen and oxygen atoms in total. The number of aliphatic carboxylic acids is 1. The summed E-state index contributed by atoms with van der Waals surface area (Å²) >= 11 is 0. The van der Waals surface area contributed by atoms with Gasteiger partial charge in [0.05, 0.1) is 0 Å². The second-order valence-corrected chi connectivity index (χ2v) is 4.44. The number of carboxylic acids is 1. The van der Waals surface area contributed by atoms with Gasteiger partial charge in [0.25, 0.3) is 0 Å². The number of nitrogen functional groups attached to an aromatic ring is 2. The van der Waals surface area contributed by atoms with Crippen molar-refractivity contribution in [2.24, 2.45) is 0 Å². The summed E-state index contributed by atoms with van der Waals surface area (Å²) < 4.78 is 0. The summed E-state index contributed by atoms with van der Waals surface area (Å²) in [6, 6.07) is 7.54. The Kier molecular flexibility index (Phi) is 4.50. The molecule has 6 N–H and O–H groups in total. The number of nitrogens with zero attached hydrogens (tertiary/aromatic N) is 3. The Morgan fingerprint density at radius 3 is 2.29 bits per heavy atom. The fourth-order valence-electron chi connectivity index (χ4n) is 1.79. The smallest absolute Gasteiger partial charge is 0.303 e. The SMILES string of the molecule is Nc1nc(N)nc(Nc2ccc(CCCC(=O)O)cc2)n1. The van der Waals surface area contributed by atoms with Crippen molar-refractivity contribution in [3.63, 3.8) is 0 Å². The summed E-state index contributed by atoms with van der Waals surface area (Å²) in [5.74, 6) is -0.400. The summed E-state index contributed by atoms with van der Waals surface area (Å²) in [4.78, 5) is 22.0. The number of benzene rings is 1. The summed E-state index contributed by atoms with van der Waals surface area (Å²) in [6.07, 6.45) is 1.50. The van der Waals surface area contributed by atoms with Crippen molar-refractivity contribution in [1.29, 1.82) is 0 Å². The molecule has 0 radical (unpaired) electrons. The van der Waals surface area contributed by atoms with Crippen LogP contribution in [-0.4, -0.2) is 26.0 Å². The standard InChI is InChI=1S/C13H16N6O2/c14-11-17-12(15)19-13(18-11)16-9-6-4-8(5-7-9)2-1-3-10(20)21/h4-7H,1-3H2,(H,20,21)(H5,14,15,16,17,18,19).